The fourth-order valence-corrected chi connectivity index (χ4v) is 1.86. The zero-order chi connectivity index (χ0) is 11.1. The Hall–Kier alpha value is -0.850. The van der Waals surface area contributed by atoms with Crippen LogP contribution in [0.1, 0.15) is 45.1 Å². The van der Waals surface area contributed by atoms with Crippen LogP contribution >= 0.6 is 0 Å². The molecule has 0 bridgehead atoms. The number of aromatic nitrogens is 1. The van der Waals surface area contributed by atoms with Gasteiger partial charge in [0.2, 0.25) is 0 Å². The molecule has 84 valence electrons. The summed E-state index contributed by atoms with van der Waals surface area (Å²) in [5, 5.41) is 0. The summed E-state index contributed by atoms with van der Waals surface area (Å²) in [5.41, 5.74) is 1.35. The third kappa shape index (κ3) is 4.96. The molecule has 0 aromatic carbocycles. The molecule has 1 rings (SSSR count). The number of nitrogens with zero attached hydrogens (tertiary/aromatic N) is 1. The Morgan fingerprint density at radius 3 is 2.80 bits per heavy atom. The number of pyridine rings is 1. The molecule has 0 saturated heterocycles. The van der Waals surface area contributed by atoms with Crippen molar-refractivity contribution in [2.45, 2.75) is 53.0 Å². The van der Waals surface area contributed by atoms with E-state index in [2.05, 4.69) is 49.9 Å². The van der Waals surface area contributed by atoms with Crippen LogP contribution in [0.3, 0.4) is 0 Å². The second-order valence-electron chi connectivity index (χ2n) is 4.66. The second kappa shape index (κ2) is 6.60. The smallest absolute Gasteiger partial charge is 0.171 e. The van der Waals surface area contributed by atoms with Gasteiger partial charge in [0.25, 0.3) is 0 Å². The van der Waals surface area contributed by atoms with Crippen molar-refractivity contribution < 1.29 is 4.57 Å². The molecule has 1 unspecified atom stereocenters. The zero-order valence-corrected chi connectivity index (χ0v) is 10.4. The van der Waals surface area contributed by atoms with Crippen LogP contribution in [0.15, 0.2) is 24.5 Å². The van der Waals surface area contributed by atoms with Gasteiger partial charge in [0.15, 0.2) is 12.4 Å². The van der Waals surface area contributed by atoms with Crippen molar-refractivity contribution in [1.82, 2.24) is 0 Å². The van der Waals surface area contributed by atoms with Crippen LogP contribution in [0, 0.1) is 12.8 Å². The summed E-state index contributed by atoms with van der Waals surface area (Å²) in [4.78, 5) is 0. The van der Waals surface area contributed by atoms with E-state index in [9.17, 15) is 0 Å². The summed E-state index contributed by atoms with van der Waals surface area (Å²) in [7, 11) is 0. The molecule has 0 amide bonds. The minimum absolute atomic E-state index is 0.859. The van der Waals surface area contributed by atoms with E-state index in [-0.39, 0.29) is 0 Å². The van der Waals surface area contributed by atoms with Crippen LogP contribution in [-0.4, -0.2) is 0 Å². The predicted octanol–water partition coefficient (Wildman–Crippen LogP) is 3.50. The summed E-state index contributed by atoms with van der Waals surface area (Å²) >= 11 is 0. The molecule has 0 saturated carbocycles. The molecule has 1 atom stereocenters. The Bertz CT molecular complexity index is 280. The van der Waals surface area contributed by atoms with Gasteiger partial charge in [0.1, 0.15) is 6.54 Å². The van der Waals surface area contributed by atoms with Gasteiger partial charge < -0.3 is 0 Å². The Morgan fingerprint density at radius 2 is 2.13 bits per heavy atom. The minimum atomic E-state index is 0.859. The Balaban J connectivity index is 2.30. The standard InChI is InChI=1S/C14H24N/c1-4-5-7-13(2)9-11-15-10-6-8-14(3)12-15/h6,8,10,12-13H,4-5,7,9,11H2,1-3H3/q+1. The van der Waals surface area contributed by atoms with Crippen LogP contribution in [0.4, 0.5) is 0 Å². The zero-order valence-electron chi connectivity index (χ0n) is 10.4. The van der Waals surface area contributed by atoms with Gasteiger partial charge in [-0.15, -0.1) is 0 Å². The van der Waals surface area contributed by atoms with Crippen molar-refractivity contribution in [1.29, 1.82) is 0 Å². The highest BCUT2D eigenvalue weighted by Gasteiger charge is 2.05. The topological polar surface area (TPSA) is 3.88 Å². The Labute approximate surface area is 94.1 Å². The number of rotatable bonds is 6. The van der Waals surface area contributed by atoms with E-state index in [0.717, 1.165) is 12.5 Å². The number of hydrogen-bond acceptors (Lipinski definition) is 0. The van der Waals surface area contributed by atoms with Crippen molar-refractivity contribution in [3.8, 4) is 0 Å². The number of aryl methyl sites for hydroxylation is 2. The highest BCUT2D eigenvalue weighted by Crippen LogP contribution is 2.11. The maximum Gasteiger partial charge on any atom is 0.171 e. The molecule has 1 nitrogen and oxygen atoms in total. The molecule has 0 radical (unpaired) electrons. The molecular formula is C14H24N+. The Kier molecular flexibility index (Phi) is 5.38. The summed E-state index contributed by atoms with van der Waals surface area (Å²) in [6.07, 6.45) is 9.77. The molecule has 1 heteroatoms. The summed E-state index contributed by atoms with van der Waals surface area (Å²) in [5.74, 6) is 0.859. The van der Waals surface area contributed by atoms with Crippen molar-refractivity contribution >= 4 is 0 Å². The van der Waals surface area contributed by atoms with E-state index >= 15 is 0 Å². The molecular weight excluding hydrogens is 182 g/mol. The van der Waals surface area contributed by atoms with E-state index in [1.165, 1.54) is 31.2 Å². The van der Waals surface area contributed by atoms with Crippen LogP contribution < -0.4 is 4.57 Å². The average molecular weight is 206 g/mol. The van der Waals surface area contributed by atoms with Gasteiger partial charge in [-0.2, -0.15) is 0 Å². The van der Waals surface area contributed by atoms with E-state index in [1.807, 2.05) is 0 Å². The van der Waals surface area contributed by atoms with Gasteiger partial charge in [-0.1, -0.05) is 33.1 Å². The first kappa shape index (κ1) is 12.2. The fourth-order valence-electron chi connectivity index (χ4n) is 1.86. The molecule has 15 heavy (non-hydrogen) atoms. The molecule has 0 spiro atoms. The normalized spacial score (nSPS) is 12.7. The first-order valence-electron chi connectivity index (χ1n) is 6.18. The Morgan fingerprint density at radius 1 is 1.33 bits per heavy atom. The van der Waals surface area contributed by atoms with Crippen molar-refractivity contribution in [3.63, 3.8) is 0 Å². The van der Waals surface area contributed by atoms with Crippen molar-refractivity contribution in [3.05, 3.63) is 30.1 Å². The molecule has 0 N–H and O–H groups in total. The van der Waals surface area contributed by atoms with Crippen LogP contribution in [0.2, 0.25) is 0 Å². The molecule has 0 aliphatic heterocycles. The lowest BCUT2D eigenvalue weighted by Gasteiger charge is -2.07. The highest BCUT2D eigenvalue weighted by molar-refractivity contribution is 5.01. The first-order valence-corrected chi connectivity index (χ1v) is 6.18. The molecule has 1 aromatic heterocycles. The highest BCUT2D eigenvalue weighted by atomic mass is 14.9. The predicted molar refractivity (Wildman–Crippen MR) is 64.7 cm³/mol. The average Bonchev–Trinajstić information content (AvgIpc) is 2.23. The van der Waals surface area contributed by atoms with Gasteiger partial charge in [0, 0.05) is 18.1 Å². The van der Waals surface area contributed by atoms with Crippen molar-refractivity contribution in [2.75, 3.05) is 0 Å². The SMILES string of the molecule is CCCCC(C)CC[n+]1cccc(C)c1. The van der Waals surface area contributed by atoms with Gasteiger partial charge in [-0.05, 0) is 18.9 Å². The van der Waals surface area contributed by atoms with Crippen LogP contribution in [-0.2, 0) is 6.54 Å². The van der Waals surface area contributed by atoms with E-state index in [1.54, 1.807) is 0 Å². The third-order valence-corrected chi connectivity index (χ3v) is 2.94. The lowest BCUT2D eigenvalue weighted by Crippen LogP contribution is -2.33. The maximum absolute atomic E-state index is 2.37. The second-order valence-corrected chi connectivity index (χ2v) is 4.66. The van der Waals surface area contributed by atoms with Crippen molar-refractivity contribution in [2.24, 2.45) is 5.92 Å². The molecule has 1 aromatic rings. The van der Waals surface area contributed by atoms with Gasteiger partial charge in [-0.3, -0.25) is 0 Å². The molecule has 0 fully saturated rings. The third-order valence-electron chi connectivity index (χ3n) is 2.94. The quantitative estimate of drug-likeness (QED) is 0.627. The van der Waals surface area contributed by atoms with Gasteiger partial charge in [-0.25, -0.2) is 4.57 Å². The van der Waals surface area contributed by atoms with Crippen LogP contribution in [0.25, 0.3) is 0 Å². The number of unbranched alkanes of at least 4 members (excludes halogenated alkanes) is 1. The monoisotopic (exact) mass is 206 g/mol. The van der Waals surface area contributed by atoms with Crippen LogP contribution in [0.5, 0.6) is 0 Å². The summed E-state index contributed by atoms with van der Waals surface area (Å²) in [6, 6.07) is 4.28. The summed E-state index contributed by atoms with van der Waals surface area (Å²) in [6.45, 7) is 7.94. The van der Waals surface area contributed by atoms with E-state index in [0.29, 0.717) is 0 Å². The lowest BCUT2D eigenvalue weighted by atomic mass is 10.0. The molecule has 1 heterocycles. The lowest BCUT2D eigenvalue weighted by molar-refractivity contribution is -0.698. The van der Waals surface area contributed by atoms with E-state index in [4.69, 9.17) is 0 Å². The number of hydrogen-bond donors (Lipinski definition) is 0. The molecule has 0 aliphatic rings. The largest absolute Gasteiger partial charge is 0.205 e. The first-order chi connectivity index (χ1) is 7.22. The maximum atomic E-state index is 2.37. The minimum Gasteiger partial charge on any atom is -0.205 e. The van der Waals surface area contributed by atoms with Gasteiger partial charge in [0.05, 0.1) is 0 Å². The van der Waals surface area contributed by atoms with E-state index < -0.39 is 0 Å². The fraction of sp³-hybridized carbons (Fsp3) is 0.643. The summed E-state index contributed by atoms with van der Waals surface area (Å²) < 4.78 is 2.30. The molecule has 0 aliphatic carbocycles. The van der Waals surface area contributed by atoms with Gasteiger partial charge >= 0.3 is 0 Å².